The lowest BCUT2D eigenvalue weighted by Gasteiger charge is -2.07. The van der Waals surface area contributed by atoms with Crippen molar-refractivity contribution in [2.75, 3.05) is 0 Å². The minimum atomic E-state index is -0.391. The van der Waals surface area contributed by atoms with Crippen molar-refractivity contribution in [1.82, 2.24) is 19.3 Å². The summed E-state index contributed by atoms with van der Waals surface area (Å²) in [5.41, 5.74) is 1.77. The average molecular weight is 262 g/mol. The zero-order valence-electron chi connectivity index (χ0n) is 11.4. The van der Waals surface area contributed by atoms with Gasteiger partial charge in [-0.05, 0) is 26.3 Å². The molecular formula is C13H18N4O2. The molecule has 2 aromatic heterocycles. The fourth-order valence-corrected chi connectivity index (χ4v) is 2.00. The van der Waals surface area contributed by atoms with Gasteiger partial charge in [0.1, 0.15) is 0 Å². The quantitative estimate of drug-likeness (QED) is 0.880. The van der Waals surface area contributed by atoms with Crippen LogP contribution < -0.4 is 11.2 Å². The van der Waals surface area contributed by atoms with Crippen LogP contribution in [0.4, 0.5) is 0 Å². The van der Waals surface area contributed by atoms with E-state index in [9.17, 15) is 9.59 Å². The molecule has 0 aliphatic rings. The smallest absolute Gasteiger partial charge is 0.294 e. The maximum Gasteiger partial charge on any atom is 0.328 e. The van der Waals surface area contributed by atoms with Gasteiger partial charge in [-0.1, -0.05) is 6.92 Å². The highest BCUT2D eigenvalue weighted by Gasteiger charge is 2.08. The van der Waals surface area contributed by atoms with Crippen molar-refractivity contribution in [3.05, 3.63) is 50.1 Å². The van der Waals surface area contributed by atoms with Gasteiger partial charge in [-0.3, -0.25) is 19.0 Å². The molecule has 0 unspecified atom stereocenters. The molecule has 0 atom stereocenters. The topological polar surface area (TPSA) is 72.7 Å². The third kappa shape index (κ3) is 2.67. The Morgan fingerprint density at radius 3 is 2.68 bits per heavy atom. The van der Waals surface area contributed by atoms with E-state index in [1.807, 2.05) is 24.6 Å². The van der Waals surface area contributed by atoms with Gasteiger partial charge >= 0.3 is 5.69 Å². The van der Waals surface area contributed by atoms with Crippen LogP contribution in [-0.4, -0.2) is 19.3 Å². The summed E-state index contributed by atoms with van der Waals surface area (Å²) in [6, 6.07) is 2.00. The molecule has 0 radical (unpaired) electrons. The van der Waals surface area contributed by atoms with Crippen molar-refractivity contribution < 1.29 is 0 Å². The number of hydrogen-bond acceptors (Lipinski definition) is 3. The van der Waals surface area contributed by atoms with Crippen LogP contribution >= 0.6 is 0 Å². The van der Waals surface area contributed by atoms with Crippen LogP contribution in [0.25, 0.3) is 0 Å². The van der Waals surface area contributed by atoms with E-state index in [2.05, 4.69) is 10.1 Å². The number of rotatable bonds is 4. The summed E-state index contributed by atoms with van der Waals surface area (Å²) in [7, 11) is 0. The number of aromatic amines is 1. The number of aryl methyl sites for hydroxylation is 3. The Labute approximate surface area is 110 Å². The van der Waals surface area contributed by atoms with Crippen LogP contribution in [0.1, 0.15) is 30.8 Å². The number of hydrogen-bond donors (Lipinski definition) is 1. The number of H-pyrrole nitrogens is 1. The lowest BCUT2D eigenvalue weighted by Crippen LogP contribution is -2.31. The van der Waals surface area contributed by atoms with Gasteiger partial charge in [0, 0.05) is 18.3 Å². The van der Waals surface area contributed by atoms with Crippen molar-refractivity contribution in [3.63, 3.8) is 0 Å². The zero-order chi connectivity index (χ0) is 14.0. The SMILES string of the molecule is CCc1cc(Cn2cc(C)c(=O)[nH]c2=O)n(CC)n1. The first kappa shape index (κ1) is 13.3. The van der Waals surface area contributed by atoms with E-state index in [4.69, 9.17) is 0 Å². The zero-order valence-corrected chi connectivity index (χ0v) is 11.4. The highest BCUT2D eigenvalue weighted by molar-refractivity contribution is 5.12. The fourth-order valence-electron chi connectivity index (χ4n) is 2.00. The Morgan fingerprint density at radius 1 is 1.32 bits per heavy atom. The first-order valence-electron chi connectivity index (χ1n) is 6.41. The lowest BCUT2D eigenvalue weighted by atomic mass is 10.3. The van der Waals surface area contributed by atoms with Crippen LogP contribution in [0.15, 0.2) is 21.9 Å². The van der Waals surface area contributed by atoms with Crippen LogP contribution in [0.5, 0.6) is 0 Å². The predicted octanol–water partition coefficient (Wildman–Crippen LogP) is 0.672. The summed E-state index contributed by atoms with van der Waals surface area (Å²) in [5, 5.41) is 4.44. The molecule has 0 saturated carbocycles. The highest BCUT2D eigenvalue weighted by Crippen LogP contribution is 2.06. The lowest BCUT2D eigenvalue weighted by molar-refractivity contribution is 0.583. The average Bonchev–Trinajstić information content (AvgIpc) is 2.78. The Bertz CT molecular complexity index is 693. The maximum absolute atomic E-state index is 11.8. The molecule has 2 aromatic rings. The molecule has 0 fully saturated rings. The van der Waals surface area contributed by atoms with E-state index in [0.717, 1.165) is 24.4 Å². The molecule has 0 saturated heterocycles. The van der Waals surface area contributed by atoms with E-state index in [0.29, 0.717) is 12.1 Å². The van der Waals surface area contributed by atoms with Crippen molar-refractivity contribution in [2.45, 2.75) is 40.3 Å². The summed E-state index contributed by atoms with van der Waals surface area (Å²) in [5.74, 6) is 0. The van der Waals surface area contributed by atoms with Crippen molar-refractivity contribution in [1.29, 1.82) is 0 Å². The van der Waals surface area contributed by atoms with Crippen molar-refractivity contribution >= 4 is 0 Å². The summed E-state index contributed by atoms with van der Waals surface area (Å²) >= 11 is 0. The van der Waals surface area contributed by atoms with Crippen LogP contribution in [-0.2, 0) is 19.5 Å². The second kappa shape index (κ2) is 5.26. The van der Waals surface area contributed by atoms with Gasteiger partial charge in [0.15, 0.2) is 0 Å². The van der Waals surface area contributed by atoms with E-state index in [1.165, 1.54) is 4.57 Å². The van der Waals surface area contributed by atoms with Crippen LogP contribution in [0.2, 0.25) is 0 Å². The summed E-state index contributed by atoms with van der Waals surface area (Å²) in [6.07, 6.45) is 2.44. The van der Waals surface area contributed by atoms with Gasteiger partial charge in [-0.15, -0.1) is 0 Å². The number of aromatic nitrogens is 4. The Kier molecular flexibility index (Phi) is 3.69. The minimum Gasteiger partial charge on any atom is -0.294 e. The monoisotopic (exact) mass is 262 g/mol. The van der Waals surface area contributed by atoms with E-state index in [-0.39, 0.29) is 5.56 Å². The molecule has 1 N–H and O–H groups in total. The molecule has 0 aliphatic heterocycles. The molecule has 2 rings (SSSR count). The number of nitrogens with zero attached hydrogens (tertiary/aromatic N) is 3. The van der Waals surface area contributed by atoms with E-state index in [1.54, 1.807) is 13.1 Å². The Balaban J connectivity index is 2.41. The Morgan fingerprint density at radius 2 is 2.05 bits per heavy atom. The third-order valence-corrected chi connectivity index (χ3v) is 3.10. The second-order valence-electron chi connectivity index (χ2n) is 4.50. The maximum atomic E-state index is 11.8. The van der Waals surface area contributed by atoms with Gasteiger partial charge < -0.3 is 0 Å². The molecule has 0 aliphatic carbocycles. The summed E-state index contributed by atoms with van der Waals surface area (Å²) < 4.78 is 3.38. The molecule has 6 nitrogen and oxygen atoms in total. The normalized spacial score (nSPS) is 10.9. The molecular weight excluding hydrogens is 244 g/mol. The summed E-state index contributed by atoms with van der Waals surface area (Å²) in [4.78, 5) is 25.4. The van der Waals surface area contributed by atoms with Gasteiger partial charge in [-0.2, -0.15) is 5.10 Å². The fraction of sp³-hybridized carbons (Fsp3) is 0.462. The molecule has 0 bridgehead atoms. The molecule has 2 heterocycles. The standard InChI is InChI=1S/C13H18N4O2/c1-4-10-6-11(17(5-2)15-10)8-16-7-9(3)12(18)14-13(16)19/h6-7H,4-5,8H2,1-3H3,(H,14,18,19). The van der Waals surface area contributed by atoms with E-state index < -0.39 is 5.69 Å². The molecule has 0 aromatic carbocycles. The molecule has 0 spiro atoms. The molecule has 102 valence electrons. The molecule has 6 heteroatoms. The highest BCUT2D eigenvalue weighted by atomic mass is 16.2. The summed E-state index contributed by atoms with van der Waals surface area (Å²) in [6.45, 7) is 6.91. The van der Waals surface area contributed by atoms with Gasteiger partial charge in [-0.25, -0.2) is 4.79 Å². The minimum absolute atomic E-state index is 0.334. The van der Waals surface area contributed by atoms with Crippen LogP contribution in [0.3, 0.4) is 0 Å². The second-order valence-corrected chi connectivity index (χ2v) is 4.50. The Hall–Kier alpha value is -2.11. The van der Waals surface area contributed by atoms with E-state index >= 15 is 0 Å². The number of nitrogens with one attached hydrogen (secondary N) is 1. The third-order valence-electron chi connectivity index (χ3n) is 3.10. The molecule has 19 heavy (non-hydrogen) atoms. The van der Waals surface area contributed by atoms with Crippen molar-refractivity contribution in [2.24, 2.45) is 0 Å². The van der Waals surface area contributed by atoms with Gasteiger partial charge in [0.25, 0.3) is 5.56 Å². The molecule has 0 amide bonds. The van der Waals surface area contributed by atoms with Gasteiger partial charge in [0.2, 0.25) is 0 Å². The van der Waals surface area contributed by atoms with Crippen LogP contribution in [0, 0.1) is 6.92 Å². The van der Waals surface area contributed by atoms with Gasteiger partial charge in [0.05, 0.1) is 17.9 Å². The predicted molar refractivity (Wildman–Crippen MR) is 72.4 cm³/mol. The first-order valence-corrected chi connectivity index (χ1v) is 6.41. The first-order chi connectivity index (χ1) is 9.05. The van der Waals surface area contributed by atoms with Crippen molar-refractivity contribution in [3.8, 4) is 0 Å². The largest absolute Gasteiger partial charge is 0.328 e.